The van der Waals surface area contributed by atoms with E-state index in [9.17, 15) is 0 Å². The molecule has 20 heavy (non-hydrogen) atoms. The second-order valence-corrected chi connectivity index (χ2v) is 6.64. The van der Waals surface area contributed by atoms with E-state index in [0.717, 1.165) is 24.7 Å². The predicted octanol–water partition coefficient (Wildman–Crippen LogP) is 4.31. The molecule has 1 fully saturated rings. The van der Waals surface area contributed by atoms with Crippen molar-refractivity contribution in [3.8, 4) is 0 Å². The summed E-state index contributed by atoms with van der Waals surface area (Å²) in [7, 11) is 0. The fourth-order valence-corrected chi connectivity index (χ4v) is 3.37. The first kappa shape index (κ1) is 15.5. The van der Waals surface area contributed by atoms with E-state index in [4.69, 9.17) is 10.5 Å². The SMILES string of the molecule is CC(OC1(CN)CCC(C(C)C)CC1)c1ccccc1. The standard InChI is InChI=1S/C18H29NO/c1-14(2)16-9-11-18(13-19,12-10-16)20-15(3)17-7-5-4-6-8-17/h4-8,14-16H,9-13,19H2,1-3H3. The van der Waals surface area contributed by atoms with Crippen LogP contribution in [0.4, 0.5) is 0 Å². The smallest absolute Gasteiger partial charge is 0.0812 e. The molecule has 2 N–H and O–H groups in total. The first-order valence-corrected chi connectivity index (χ1v) is 7.99. The van der Waals surface area contributed by atoms with Crippen molar-refractivity contribution in [2.75, 3.05) is 6.54 Å². The Balaban J connectivity index is 1.99. The average Bonchev–Trinajstić information content (AvgIpc) is 2.48. The molecule has 2 nitrogen and oxygen atoms in total. The van der Waals surface area contributed by atoms with Gasteiger partial charge in [0, 0.05) is 6.54 Å². The van der Waals surface area contributed by atoms with Gasteiger partial charge in [0.25, 0.3) is 0 Å². The summed E-state index contributed by atoms with van der Waals surface area (Å²) in [4.78, 5) is 0. The summed E-state index contributed by atoms with van der Waals surface area (Å²) < 4.78 is 6.42. The molecule has 1 aromatic carbocycles. The van der Waals surface area contributed by atoms with Crippen LogP contribution < -0.4 is 5.73 Å². The summed E-state index contributed by atoms with van der Waals surface area (Å²) in [5, 5.41) is 0. The molecule has 0 amide bonds. The number of ether oxygens (including phenoxy) is 1. The third-order valence-electron chi connectivity index (χ3n) is 4.95. The largest absolute Gasteiger partial charge is 0.366 e. The van der Waals surface area contributed by atoms with E-state index < -0.39 is 0 Å². The van der Waals surface area contributed by atoms with Crippen LogP contribution in [0.25, 0.3) is 0 Å². The molecule has 112 valence electrons. The third-order valence-corrected chi connectivity index (χ3v) is 4.95. The van der Waals surface area contributed by atoms with Crippen molar-refractivity contribution in [2.45, 2.75) is 58.2 Å². The molecule has 1 unspecified atom stereocenters. The zero-order valence-corrected chi connectivity index (χ0v) is 13.1. The van der Waals surface area contributed by atoms with Crippen molar-refractivity contribution >= 4 is 0 Å². The number of rotatable bonds is 5. The Morgan fingerprint density at radius 1 is 1.15 bits per heavy atom. The molecular formula is C18H29NO. The molecule has 0 bridgehead atoms. The van der Waals surface area contributed by atoms with Gasteiger partial charge >= 0.3 is 0 Å². The molecule has 2 rings (SSSR count). The Hall–Kier alpha value is -0.860. The zero-order valence-electron chi connectivity index (χ0n) is 13.1. The molecule has 0 aliphatic heterocycles. The highest BCUT2D eigenvalue weighted by atomic mass is 16.5. The molecule has 2 heteroatoms. The first-order valence-electron chi connectivity index (χ1n) is 7.99. The van der Waals surface area contributed by atoms with Crippen molar-refractivity contribution in [3.63, 3.8) is 0 Å². The minimum absolute atomic E-state index is 0.110. The summed E-state index contributed by atoms with van der Waals surface area (Å²) in [6.07, 6.45) is 4.81. The topological polar surface area (TPSA) is 35.2 Å². The van der Waals surface area contributed by atoms with Crippen molar-refractivity contribution in [2.24, 2.45) is 17.6 Å². The van der Waals surface area contributed by atoms with Crippen molar-refractivity contribution < 1.29 is 4.74 Å². The molecule has 0 spiro atoms. The molecule has 0 heterocycles. The van der Waals surface area contributed by atoms with E-state index >= 15 is 0 Å². The van der Waals surface area contributed by atoms with Crippen LogP contribution in [0.5, 0.6) is 0 Å². The Kier molecular flexibility index (Phi) is 5.22. The number of benzene rings is 1. The Labute approximate surface area is 123 Å². The molecular weight excluding hydrogens is 246 g/mol. The van der Waals surface area contributed by atoms with Crippen LogP contribution in [0.2, 0.25) is 0 Å². The monoisotopic (exact) mass is 275 g/mol. The minimum Gasteiger partial charge on any atom is -0.366 e. The van der Waals surface area contributed by atoms with Gasteiger partial charge in [-0.25, -0.2) is 0 Å². The maximum absolute atomic E-state index is 6.42. The van der Waals surface area contributed by atoms with Gasteiger partial charge in [0.2, 0.25) is 0 Å². The summed E-state index contributed by atoms with van der Waals surface area (Å²) in [6, 6.07) is 10.5. The van der Waals surface area contributed by atoms with Gasteiger partial charge in [0.15, 0.2) is 0 Å². The maximum atomic E-state index is 6.42. The summed E-state index contributed by atoms with van der Waals surface area (Å²) in [5.74, 6) is 1.61. The Bertz CT molecular complexity index is 393. The van der Waals surface area contributed by atoms with E-state index in [0.29, 0.717) is 6.54 Å². The van der Waals surface area contributed by atoms with Crippen LogP contribution in [0, 0.1) is 11.8 Å². The lowest BCUT2D eigenvalue weighted by Gasteiger charge is -2.42. The van der Waals surface area contributed by atoms with Crippen molar-refractivity contribution in [3.05, 3.63) is 35.9 Å². The lowest BCUT2D eigenvalue weighted by Crippen LogP contribution is -2.45. The second-order valence-electron chi connectivity index (χ2n) is 6.64. The maximum Gasteiger partial charge on any atom is 0.0812 e. The number of hydrogen-bond acceptors (Lipinski definition) is 2. The lowest BCUT2D eigenvalue weighted by molar-refractivity contribution is -0.112. The van der Waals surface area contributed by atoms with Crippen molar-refractivity contribution in [1.82, 2.24) is 0 Å². The van der Waals surface area contributed by atoms with Gasteiger partial charge in [-0.05, 0) is 50.0 Å². The van der Waals surface area contributed by atoms with Gasteiger partial charge in [-0.2, -0.15) is 0 Å². The van der Waals surface area contributed by atoms with Crippen LogP contribution in [0.15, 0.2) is 30.3 Å². The van der Waals surface area contributed by atoms with E-state index in [2.05, 4.69) is 45.0 Å². The van der Waals surface area contributed by atoms with E-state index in [1.54, 1.807) is 0 Å². The van der Waals surface area contributed by atoms with Crippen LogP contribution >= 0.6 is 0 Å². The highest BCUT2D eigenvalue weighted by Gasteiger charge is 2.37. The number of hydrogen-bond donors (Lipinski definition) is 1. The summed E-state index contributed by atoms with van der Waals surface area (Å²) in [5.41, 5.74) is 7.19. The Morgan fingerprint density at radius 3 is 2.25 bits per heavy atom. The van der Waals surface area contributed by atoms with E-state index in [1.807, 2.05) is 6.07 Å². The van der Waals surface area contributed by atoms with Gasteiger partial charge in [-0.3, -0.25) is 0 Å². The normalized spacial score (nSPS) is 28.6. The molecule has 0 saturated heterocycles. The minimum atomic E-state index is -0.110. The van der Waals surface area contributed by atoms with Gasteiger partial charge in [-0.15, -0.1) is 0 Å². The molecule has 1 aromatic rings. The van der Waals surface area contributed by atoms with Gasteiger partial charge < -0.3 is 10.5 Å². The van der Waals surface area contributed by atoms with Crippen LogP contribution in [0.1, 0.15) is 58.1 Å². The highest BCUT2D eigenvalue weighted by molar-refractivity contribution is 5.17. The summed E-state index contributed by atoms with van der Waals surface area (Å²) >= 11 is 0. The first-order chi connectivity index (χ1) is 9.56. The zero-order chi connectivity index (χ0) is 14.6. The lowest BCUT2D eigenvalue weighted by atomic mass is 9.74. The van der Waals surface area contributed by atoms with Gasteiger partial charge in [0.1, 0.15) is 0 Å². The van der Waals surface area contributed by atoms with Gasteiger partial charge in [0.05, 0.1) is 11.7 Å². The van der Waals surface area contributed by atoms with Crippen LogP contribution in [-0.4, -0.2) is 12.1 Å². The van der Waals surface area contributed by atoms with Gasteiger partial charge in [-0.1, -0.05) is 44.2 Å². The molecule has 1 aliphatic carbocycles. The molecule has 0 aromatic heterocycles. The molecule has 1 aliphatic rings. The van der Waals surface area contributed by atoms with Crippen LogP contribution in [-0.2, 0) is 4.74 Å². The second kappa shape index (κ2) is 6.73. The van der Waals surface area contributed by atoms with Crippen LogP contribution in [0.3, 0.4) is 0 Å². The quantitative estimate of drug-likeness (QED) is 0.869. The third kappa shape index (κ3) is 3.62. The Morgan fingerprint density at radius 2 is 1.75 bits per heavy atom. The number of nitrogens with two attached hydrogens (primary N) is 1. The highest BCUT2D eigenvalue weighted by Crippen LogP contribution is 2.40. The predicted molar refractivity (Wildman–Crippen MR) is 84.5 cm³/mol. The van der Waals surface area contributed by atoms with E-state index in [1.165, 1.54) is 18.4 Å². The molecule has 1 saturated carbocycles. The molecule has 1 atom stereocenters. The van der Waals surface area contributed by atoms with Crippen molar-refractivity contribution in [1.29, 1.82) is 0 Å². The van der Waals surface area contributed by atoms with E-state index in [-0.39, 0.29) is 11.7 Å². The summed E-state index contributed by atoms with van der Waals surface area (Å²) in [6.45, 7) is 7.43. The fraction of sp³-hybridized carbons (Fsp3) is 0.667. The fourth-order valence-electron chi connectivity index (χ4n) is 3.37. The average molecular weight is 275 g/mol. The molecule has 0 radical (unpaired) electrons.